The van der Waals surface area contributed by atoms with E-state index in [1.807, 2.05) is 6.92 Å². The molecule has 2 aliphatic carbocycles. The van der Waals surface area contributed by atoms with Gasteiger partial charge in [-0.15, -0.1) is 0 Å². The predicted octanol–water partition coefficient (Wildman–Crippen LogP) is 2.51. The number of nitrogens with one attached hydrogen (secondary N) is 2. The summed E-state index contributed by atoms with van der Waals surface area (Å²) in [6.07, 6.45) is 6.29. The van der Waals surface area contributed by atoms with Gasteiger partial charge in [0.2, 0.25) is 0 Å². The molecule has 0 aromatic rings. The Kier molecular flexibility index (Phi) is 4.55. The summed E-state index contributed by atoms with van der Waals surface area (Å²) in [7, 11) is 0. The predicted molar refractivity (Wildman–Crippen MR) is 76.5 cm³/mol. The molecular formula is C15H26N2O3. The summed E-state index contributed by atoms with van der Waals surface area (Å²) < 4.78 is 0. The number of hydrogen-bond donors (Lipinski definition) is 3. The summed E-state index contributed by atoms with van der Waals surface area (Å²) in [4.78, 5) is 23.6. The summed E-state index contributed by atoms with van der Waals surface area (Å²) in [6.45, 7) is 4.13. The first-order chi connectivity index (χ1) is 9.43. The van der Waals surface area contributed by atoms with Gasteiger partial charge in [0.05, 0.1) is 0 Å². The topological polar surface area (TPSA) is 78.4 Å². The highest BCUT2D eigenvalue weighted by Gasteiger charge is 2.42. The van der Waals surface area contributed by atoms with Crippen LogP contribution in [0.2, 0.25) is 0 Å². The molecule has 0 aliphatic heterocycles. The molecule has 1 atom stereocenters. The van der Waals surface area contributed by atoms with E-state index < -0.39 is 11.5 Å². The maximum Gasteiger partial charge on any atom is 0.329 e. The number of carboxylic acid groups (broad SMARTS) is 1. The van der Waals surface area contributed by atoms with E-state index in [4.69, 9.17) is 0 Å². The second-order valence-corrected chi connectivity index (χ2v) is 6.65. The van der Waals surface area contributed by atoms with Crippen molar-refractivity contribution in [1.29, 1.82) is 0 Å². The fourth-order valence-corrected chi connectivity index (χ4v) is 3.17. The van der Waals surface area contributed by atoms with E-state index >= 15 is 0 Å². The van der Waals surface area contributed by atoms with Crippen LogP contribution in [0.1, 0.15) is 58.8 Å². The molecule has 0 radical (unpaired) electrons. The summed E-state index contributed by atoms with van der Waals surface area (Å²) in [5.41, 5.74) is -1.07. The Morgan fingerprint density at radius 1 is 1.20 bits per heavy atom. The molecule has 2 saturated carbocycles. The van der Waals surface area contributed by atoms with Crippen molar-refractivity contribution in [1.82, 2.24) is 10.6 Å². The maximum atomic E-state index is 12.1. The molecule has 0 heterocycles. The zero-order valence-corrected chi connectivity index (χ0v) is 12.4. The fraction of sp³-hybridized carbons (Fsp3) is 0.867. The van der Waals surface area contributed by atoms with E-state index in [0.29, 0.717) is 24.7 Å². The SMILES string of the molecule is CC1CCC(NC(=O)NC(C)C2CCC2)(C(=O)O)CC1. The van der Waals surface area contributed by atoms with Crippen LogP contribution < -0.4 is 10.6 Å². The second-order valence-electron chi connectivity index (χ2n) is 6.65. The Balaban J connectivity index is 1.90. The van der Waals surface area contributed by atoms with Gasteiger partial charge in [0, 0.05) is 6.04 Å². The fourth-order valence-electron chi connectivity index (χ4n) is 3.17. The number of hydrogen-bond acceptors (Lipinski definition) is 2. The van der Waals surface area contributed by atoms with Crippen molar-refractivity contribution in [3.63, 3.8) is 0 Å². The Labute approximate surface area is 120 Å². The van der Waals surface area contributed by atoms with Crippen LogP contribution in [-0.4, -0.2) is 28.7 Å². The Morgan fingerprint density at radius 3 is 2.25 bits per heavy atom. The summed E-state index contributed by atoms with van der Waals surface area (Å²) in [6, 6.07) is -0.210. The minimum Gasteiger partial charge on any atom is -0.480 e. The van der Waals surface area contributed by atoms with Gasteiger partial charge in [-0.1, -0.05) is 13.3 Å². The molecule has 0 aromatic heterocycles. The number of aliphatic carboxylic acids is 1. The maximum absolute atomic E-state index is 12.1. The van der Waals surface area contributed by atoms with E-state index in [1.165, 1.54) is 6.42 Å². The molecule has 2 aliphatic rings. The van der Waals surface area contributed by atoms with Crippen LogP contribution in [0, 0.1) is 11.8 Å². The third kappa shape index (κ3) is 3.25. The highest BCUT2D eigenvalue weighted by Crippen LogP contribution is 2.32. The number of rotatable bonds is 4. The molecule has 2 amide bonds. The van der Waals surface area contributed by atoms with Crippen molar-refractivity contribution < 1.29 is 14.7 Å². The minimum atomic E-state index is -1.07. The summed E-state index contributed by atoms with van der Waals surface area (Å²) >= 11 is 0. The van der Waals surface area contributed by atoms with E-state index in [1.54, 1.807) is 0 Å². The number of carbonyl (C=O) groups is 2. The number of carbonyl (C=O) groups excluding carboxylic acids is 1. The van der Waals surface area contributed by atoms with Crippen LogP contribution in [0.3, 0.4) is 0 Å². The van der Waals surface area contributed by atoms with Crippen molar-refractivity contribution in [3.05, 3.63) is 0 Å². The monoisotopic (exact) mass is 282 g/mol. The van der Waals surface area contributed by atoms with Crippen LogP contribution >= 0.6 is 0 Å². The van der Waals surface area contributed by atoms with Crippen molar-refractivity contribution in [2.24, 2.45) is 11.8 Å². The highest BCUT2D eigenvalue weighted by atomic mass is 16.4. The third-order valence-corrected chi connectivity index (χ3v) is 5.11. The molecule has 0 aromatic carbocycles. The quantitative estimate of drug-likeness (QED) is 0.741. The van der Waals surface area contributed by atoms with E-state index in [9.17, 15) is 14.7 Å². The molecule has 5 heteroatoms. The Hall–Kier alpha value is -1.26. The number of carboxylic acids is 1. The molecule has 5 nitrogen and oxygen atoms in total. The van der Waals surface area contributed by atoms with Crippen LogP contribution in [-0.2, 0) is 4.79 Å². The zero-order chi connectivity index (χ0) is 14.8. The van der Waals surface area contributed by atoms with Crippen LogP contribution in [0.25, 0.3) is 0 Å². The van der Waals surface area contributed by atoms with Crippen LogP contribution in [0.4, 0.5) is 4.79 Å². The van der Waals surface area contributed by atoms with E-state index in [-0.39, 0.29) is 12.1 Å². The first-order valence-electron chi connectivity index (χ1n) is 7.75. The zero-order valence-electron chi connectivity index (χ0n) is 12.4. The number of amides is 2. The first kappa shape index (κ1) is 15.1. The lowest BCUT2D eigenvalue weighted by molar-refractivity contribution is -0.146. The van der Waals surface area contributed by atoms with Gasteiger partial charge < -0.3 is 15.7 Å². The second kappa shape index (κ2) is 6.02. The first-order valence-corrected chi connectivity index (χ1v) is 7.75. The minimum absolute atomic E-state index is 0.122. The summed E-state index contributed by atoms with van der Waals surface area (Å²) in [5.74, 6) is 0.185. The van der Waals surface area contributed by atoms with Gasteiger partial charge >= 0.3 is 12.0 Å². The van der Waals surface area contributed by atoms with Gasteiger partial charge in [-0.05, 0) is 57.3 Å². The lowest BCUT2D eigenvalue weighted by Crippen LogP contribution is -2.60. The van der Waals surface area contributed by atoms with Gasteiger partial charge in [-0.3, -0.25) is 0 Å². The molecule has 0 bridgehead atoms. The molecule has 0 spiro atoms. The Morgan fingerprint density at radius 2 is 1.80 bits per heavy atom. The van der Waals surface area contributed by atoms with Crippen molar-refractivity contribution in [2.75, 3.05) is 0 Å². The van der Waals surface area contributed by atoms with Gasteiger partial charge in [-0.2, -0.15) is 0 Å². The van der Waals surface area contributed by atoms with Crippen molar-refractivity contribution in [3.8, 4) is 0 Å². The van der Waals surface area contributed by atoms with Crippen molar-refractivity contribution in [2.45, 2.75) is 70.4 Å². The molecule has 2 rings (SSSR count). The van der Waals surface area contributed by atoms with Gasteiger partial charge in [-0.25, -0.2) is 9.59 Å². The van der Waals surface area contributed by atoms with Gasteiger partial charge in [0.25, 0.3) is 0 Å². The van der Waals surface area contributed by atoms with Gasteiger partial charge in [0.1, 0.15) is 5.54 Å². The average molecular weight is 282 g/mol. The van der Waals surface area contributed by atoms with Crippen LogP contribution in [0.5, 0.6) is 0 Å². The van der Waals surface area contributed by atoms with Crippen LogP contribution in [0.15, 0.2) is 0 Å². The van der Waals surface area contributed by atoms with E-state index in [2.05, 4.69) is 17.6 Å². The van der Waals surface area contributed by atoms with E-state index in [0.717, 1.165) is 25.7 Å². The highest BCUT2D eigenvalue weighted by molar-refractivity contribution is 5.86. The third-order valence-electron chi connectivity index (χ3n) is 5.11. The lowest BCUT2D eigenvalue weighted by Gasteiger charge is -2.37. The lowest BCUT2D eigenvalue weighted by atomic mass is 9.77. The molecule has 0 saturated heterocycles. The molecule has 3 N–H and O–H groups in total. The largest absolute Gasteiger partial charge is 0.480 e. The van der Waals surface area contributed by atoms with Gasteiger partial charge in [0.15, 0.2) is 0 Å². The summed E-state index contributed by atoms with van der Waals surface area (Å²) in [5, 5.41) is 15.1. The smallest absolute Gasteiger partial charge is 0.329 e. The van der Waals surface area contributed by atoms with Crippen molar-refractivity contribution >= 4 is 12.0 Å². The standard InChI is InChI=1S/C15H26N2O3/c1-10-6-8-15(9-7-10,13(18)19)17-14(20)16-11(2)12-4-3-5-12/h10-12H,3-9H2,1-2H3,(H,18,19)(H2,16,17,20). The molecule has 1 unspecified atom stereocenters. The Bertz CT molecular complexity index is 371. The average Bonchev–Trinajstić information content (AvgIpc) is 2.29. The number of urea groups is 1. The molecule has 20 heavy (non-hydrogen) atoms. The molecular weight excluding hydrogens is 256 g/mol. The molecule has 114 valence electrons. The normalized spacial score (nSPS) is 32.0. The molecule has 2 fully saturated rings.